The molecule has 1 heterocycles. The molecule has 0 aromatic heterocycles. The Labute approximate surface area is 135 Å². The average Bonchev–Trinajstić information content (AvgIpc) is 2.50. The first kappa shape index (κ1) is 19.0. The number of hydrogen-bond acceptors (Lipinski definition) is 4. The Hall–Kier alpha value is -1.01. The van der Waals surface area contributed by atoms with E-state index in [0.29, 0.717) is 13.1 Å². The van der Waals surface area contributed by atoms with Gasteiger partial charge in [-0.3, -0.25) is 0 Å². The van der Waals surface area contributed by atoms with Gasteiger partial charge in [0.2, 0.25) is 0 Å². The van der Waals surface area contributed by atoms with Gasteiger partial charge < -0.3 is 18.9 Å². The molecule has 0 spiro atoms. The molecule has 0 N–H and O–H groups in total. The van der Waals surface area contributed by atoms with E-state index in [2.05, 4.69) is 0 Å². The molecule has 1 rings (SSSR count). The molecule has 5 nitrogen and oxygen atoms in total. The Morgan fingerprint density at radius 1 is 1.18 bits per heavy atom. The summed E-state index contributed by atoms with van der Waals surface area (Å²) in [5.41, 5.74) is -1.19. The van der Waals surface area contributed by atoms with E-state index in [1.165, 1.54) is 0 Å². The van der Waals surface area contributed by atoms with Crippen LogP contribution in [0.15, 0.2) is 12.1 Å². The smallest absolute Gasteiger partial charge is 0.444 e. The fourth-order valence-electron chi connectivity index (χ4n) is 1.93. The molecule has 0 saturated carbocycles. The van der Waals surface area contributed by atoms with Crippen LogP contribution < -0.4 is 0 Å². The van der Waals surface area contributed by atoms with Crippen molar-refractivity contribution in [2.75, 3.05) is 13.1 Å². The SMILES string of the molecule is CCN(C/C=C/B1OC(C)(C)C(C)(C)O1)C(=O)OC(C)(C)C. The second-order valence-corrected chi connectivity index (χ2v) is 7.57. The first-order chi connectivity index (χ1) is 9.88. The highest BCUT2D eigenvalue weighted by atomic mass is 16.7. The van der Waals surface area contributed by atoms with Crippen LogP contribution in [0.5, 0.6) is 0 Å². The minimum Gasteiger partial charge on any atom is -0.444 e. The summed E-state index contributed by atoms with van der Waals surface area (Å²) < 4.78 is 17.1. The van der Waals surface area contributed by atoms with Gasteiger partial charge in [0.15, 0.2) is 0 Å². The highest BCUT2D eigenvalue weighted by Gasteiger charge is 2.49. The number of carbonyl (C=O) groups excluding carboxylic acids is 1. The quantitative estimate of drug-likeness (QED) is 0.746. The molecule has 1 saturated heterocycles. The maximum absolute atomic E-state index is 12.0. The van der Waals surface area contributed by atoms with Crippen LogP contribution in [0.4, 0.5) is 4.79 Å². The van der Waals surface area contributed by atoms with E-state index in [4.69, 9.17) is 14.0 Å². The van der Waals surface area contributed by atoms with Crippen molar-refractivity contribution in [3.05, 3.63) is 12.1 Å². The van der Waals surface area contributed by atoms with E-state index < -0.39 is 5.60 Å². The molecule has 0 aliphatic carbocycles. The Kier molecular flexibility index (Phi) is 5.74. The maximum Gasteiger partial charge on any atom is 0.486 e. The van der Waals surface area contributed by atoms with E-state index in [9.17, 15) is 4.79 Å². The number of amides is 1. The number of ether oxygens (including phenoxy) is 1. The summed E-state index contributed by atoms with van der Waals surface area (Å²) in [6, 6.07) is 0. The summed E-state index contributed by atoms with van der Waals surface area (Å²) in [4.78, 5) is 13.7. The molecule has 1 fully saturated rings. The molecule has 0 aromatic rings. The second-order valence-electron chi connectivity index (χ2n) is 7.57. The van der Waals surface area contributed by atoms with E-state index >= 15 is 0 Å². The zero-order valence-corrected chi connectivity index (χ0v) is 15.2. The van der Waals surface area contributed by atoms with Gasteiger partial charge >= 0.3 is 13.2 Å². The summed E-state index contributed by atoms with van der Waals surface area (Å²) in [5.74, 6) is 1.85. The number of hydrogen-bond donors (Lipinski definition) is 0. The molecular weight excluding hydrogens is 281 g/mol. The lowest BCUT2D eigenvalue weighted by atomic mass is 9.90. The van der Waals surface area contributed by atoms with Gasteiger partial charge in [-0.1, -0.05) is 12.1 Å². The van der Waals surface area contributed by atoms with Crippen molar-refractivity contribution < 1.29 is 18.8 Å². The third-order valence-electron chi connectivity index (χ3n) is 3.92. The average molecular weight is 311 g/mol. The number of likely N-dealkylation sites (N-methyl/N-ethyl adjacent to an activating group) is 1. The zero-order valence-electron chi connectivity index (χ0n) is 15.2. The molecule has 0 radical (unpaired) electrons. The van der Waals surface area contributed by atoms with Gasteiger partial charge in [-0.25, -0.2) is 4.79 Å². The molecule has 0 unspecified atom stereocenters. The lowest BCUT2D eigenvalue weighted by molar-refractivity contribution is 0.00578. The third kappa shape index (κ3) is 5.02. The van der Waals surface area contributed by atoms with Crippen molar-refractivity contribution in [3.8, 4) is 0 Å². The Morgan fingerprint density at radius 2 is 1.68 bits per heavy atom. The molecule has 1 aliphatic heterocycles. The normalized spacial score (nSPS) is 20.5. The highest BCUT2D eigenvalue weighted by Crippen LogP contribution is 2.36. The maximum atomic E-state index is 12.0. The van der Waals surface area contributed by atoms with Crippen molar-refractivity contribution in [1.29, 1.82) is 0 Å². The van der Waals surface area contributed by atoms with Gasteiger partial charge in [-0.15, -0.1) is 0 Å². The fraction of sp³-hybridized carbons (Fsp3) is 0.812. The third-order valence-corrected chi connectivity index (χ3v) is 3.92. The summed E-state index contributed by atoms with van der Waals surface area (Å²) >= 11 is 0. The predicted molar refractivity (Wildman–Crippen MR) is 88.7 cm³/mol. The Bertz CT molecular complexity index is 410. The van der Waals surface area contributed by atoms with E-state index in [-0.39, 0.29) is 24.4 Å². The zero-order chi connectivity index (χ0) is 17.2. The van der Waals surface area contributed by atoms with Gasteiger partial charge in [-0.05, 0) is 55.4 Å². The molecule has 1 amide bonds. The molecule has 0 bridgehead atoms. The lowest BCUT2D eigenvalue weighted by Crippen LogP contribution is -2.41. The standard InChI is InChI=1S/C16H30BNO4/c1-9-18(13(19)20-14(2,3)4)12-10-11-17-21-15(5,6)16(7,8)22-17/h10-11H,9,12H2,1-8H3/b11-10+. The van der Waals surface area contributed by atoms with Crippen LogP contribution in [-0.2, 0) is 14.0 Å². The van der Waals surface area contributed by atoms with E-state index in [0.717, 1.165) is 0 Å². The van der Waals surface area contributed by atoms with Crippen molar-refractivity contribution in [3.63, 3.8) is 0 Å². The van der Waals surface area contributed by atoms with Crippen molar-refractivity contribution in [2.24, 2.45) is 0 Å². The molecular formula is C16H30BNO4. The largest absolute Gasteiger partial charge is 0.486 e. The molecule has 0 atom stereocenters. The Balaban J connectivity index is 2.56. The number of carbonyl (C=O) groups is 1. The van der Waals surface area contributed by atoms with E-state index in [1.54, 1.807) is 4.90 Å². The predicted octanol–water partition coefficient (Wildman–Crippen LogP) is 3.43. The fourth-order valence-corrected chi connectivity index (χ4v) is 1.93. The van der Waals surface area contributed by atoms with Crippen molar-refractivity contribution in [2.45, 2.75) is 72.2 Å². The van der Waals surface area contributed by atoms with Crippen LogP contribution in [-0.4, -0.2) is 48.0 Å². The summed E-state index contributed by atoms with van der Waals surface area (Å²) in [5, 5.41) is 0. The molecule has 1 aliphatic rings. The highest BCUT2D eigenvalue weighted by molar-refractivity contribution is 6.51. The summed E-state index contributed by atoms with van der Waals surface area (Å²) in [6.07, 6.45) is 1.57. The second kappa shape index (κ2) is 6.63. The summed E-state index contributed by atoms with van der Waals surface area (Å²) in [6.45, 7) is 16.6. The minimum atomic E-state index is -0.486. The van der Waals surface area contributed by atoms with Crippen LogP contribution in [0.3, 0.4) is 0 Å². The van der Waals surface area contributed by atoms with Gasteiger partial charge in [0, 0.05) is 13.1 Å². The number of nitrogens with zero attached hydrogens (tertiary/aromatic N) is 1. The van der Waals surface area contributed by atoms with Gasteiger partial charge in [0.05, 0.1) is 11.2 Å². The monoisotopic (exact) mass is 311 g/mol. The van der Waals surface area contributed by atoms with Crippen LogP contribution in [0.2, 0.25) is 0 Å². The molecule has 6 heteroatoms. The van der Waals surface area contributed by atoms with Crippen LogP contribution >= 0.6 is 0 Å². The van der Waals surface area contributed by atoms with Gasteiger partial charge in [0.25, 0.3) is 0 Å². The number of rotatable bonds is 4. The lowest BCUT2D eigenvalue weighted by Gasteiger charge is -2.32. The topological polar surface area (TPSA) is 48.0 Å². The molecule has 126 valence electrons. The Morgan fingerprint density at radius 3 is 2.09 bits per heavy atom. The first-order valence-corrected chi connectivity index (χ1v) is 7.88. The van der Waals surface area contributed by atoms with Crippen LogP contribution in [0.1, 0.15) is 55.4 Å². The van der Waals surface area contributed by atoms with Gasteiger partial charge in [0.1, 0.15) is 5.60 Å². The van der Waals surface area contributed by atoms with Crippen LogP contribution in [0, 0.1) is 0 Å². The first-order valence-electron chi connectivity index (χ1n) is 7.88. The summed E-state index contributed by atoms with van der Waals surface area (Å²) in [7, 11) is -0.387. The minimum absolute atomic E-state index is 0.312. The molecule has 0 aromatic carbocycles. The van der Waals surface area contributed by atoms with Gasteiger partial charge in [-0.2, -0.15) is 0 Å². The van der Waals surface area contributed by atoms with Crippen LogP contribution in [0.25, 0.3) is 0 Å². The molecule has 22 heavy (non-hydrogen) atoms. The van der Waals surface area contributed by atoms with Crippen molar-refractivity contribution in [1.82, 2.24) is 4.90 Å². The van der Waals surface area contributed by atoms with E-state index in [1.807, 2.05) is 67.4 Å². The van der Waals surface area contributed by atoms with Crippen molar-refractivity contribution >= 4 is 13.2 Å².